The molecule has 1 aliphatic heterocycles. The van der Waals surface area contributed by atoms with Gasteiger partial charge < -0.3 is 4.84 Å². The fraction of sp³-hybridized carbons (Fsp3) is 0.0909. The van der Waals surface area contributed by atoms with Crippen molar-refractivity contribution in [3.8, 4) is 0 Å². The van der Waals surface area contributed by atoms with Gasteiger partial charge in [0.1, 0.15) is 5.82 Å². The highest BCUT2D eigenvalue weighted by molar-refractivity contribution is 6.24. The molecule has 1 aromatic carbocycles. The van der Waals surface area contributed by atoms with Crippen molar-refractivity contribution in [2.45, 2.75) is 6.92 Å². The van der Waals surface area contributed by atoms with E-state index in [4.69, 9.17) is 0 Å². The average Bonchev–Trinajstić information content (AvgIpc) is 2.50. The summed E-state index contributed by atoms with van der Waals surface area (Å²) >= 11 is 0. The smallest absolute Gasteiger partial charge is 0.312 e. The molecule has 4 heteroatoms. The molecule has 0 amide bonds. The van der Waals surface area contributed by atoms with Gasteiger partial charge in [-0.15, -0.1) is 0 Å². The van der Waals surface area contributed by atoms with E-state index in [1.165, 1.54) is 12.1 Å². The molecule has 3 nitrogen and oxygen atoms in total. The molecule has 0 N–H and O–H groups in total. The summed E-state index contributed by atoms with van der Waals surface area (Å²) in [5.41, 5.74) is 1.48. The van der Waals surface area contributed by atoms with Crippen molar-refractivity contribution in [2.24, 2.45) is 5.16 Å². The van der Waals surface area contributed by atoms with Crippen LogP contribution in [0.2, 0.25) is 0 Å². The van der Waals surface area contributed by atoms with Crippen molar-refractivity contribution in [3.63, 3.8) is 0 Å². The van der Waals surface area contributed by atoms with Crippen LogP contribution in [0.15, 0.2) is 35.0 Å². The maximum atomic E-state index is 12.9. The van der Waals surface area contributed by atoms with E-state index in [-0.39, 0.29) is 5.82 Å². The summed E-state index contributed by atoms with van der Waals surface area (Å²) < 4.78 is 12.9. The third-order valence-electron chi connectivity index (χ3n) is 2.03. The summed E-state index contributed by atoms with van der Waals surface area (Å²) in [4.78, 5) is 15.6. The predicted molar refractivity (Wildman–Crippen MR) is 53.6 cm³/mol. The van der Waals surface area contributed by atoms with Gasteiger partial charge >= 0.3 is 5.97 Å². The van der Waals surface area contributed by atoms with E-state index >= 15 is 0 Å². The molecule has 0 saturated heterocycles. The Labute approximate surface area is 85.9 Å². The average molecular weight is 205 g/mol. The second-order valence-electron chi connectivity index (χ2n) is 3.17. The monoisotopic (exact) mass is 205 g/mol. The second kappa shape index (κ2) is 3.65. The van der Waals surface area contributed by atoms with Crippen molar-refractivity contribution in [1.82, 2.24) is 0 Å². The number of hydrogen-bond acceptors (Lipinski definition) is 3. The minimum atomic E-state index is -0.503. The third-order valence-corrected chi connectivity index (χ3v) is 2.03. The normalized spacial score (nSPS) is 17.9. The number of benzene rings is 1. The first-order chi connectivity index (χ1) is 7.16. The topological polar surface area (TPSA) is 38.7 Å². The summed E-state index contributed by atoms with van der Waals surface area (Å²) in [5, 5.41) is 3.52. The van der Waals surface area contributed by atoms with E-state index in [9.17, 15) is 9.18 Å². The summed E-state index contributed by atoms with van der Waals surface area (Å²) in [6.45, 7) is 1.66. The maximum absolute atomic E-state index is 12.9. The number of carbonyl (C=O) groups excluding carboxylic acids is 1. The number of rotatable bonds is 1. The number of halogens is 1. The number of oxime groups is 1. The van der Waals surface area contributed by atoms with Crippen LogP contribution in [0, 0.1) is 5.82 Å². The van der Waals surface area contributed by atoms with Gasteiger partial charge in [0.15, 0.2) is 0 Å². The van der Waals surface area contributed by atoms with Crippen LogP contribution < -0.4 is 0 Å². The SMILES string of the molecule is CC1=NOC(=O)/C1=C\c1cccc(F)c1. The highest BCUT2D eigenvalue weighted by Crippen LogP contribution is 2.15. The second-order valence-corrected chi connectivity index (χ2v) is 3.17. The Morgan fingerprint density at radius 2 is 2.27 bits per heavy atom. The Morgan fingerprint density at radius 3 is 2.87 bits per heavy atom. The molecular formula is C11H8FNO2. The molecule has 76 valence electrons. The lowest BCUT2D eigenvalue weighted by atomic mass is 10.1. The van der Waals surface area contributed by atoms with Gasteiger partial charge in [0.2, 0.25) is 0 Å². The van der Waals surface area contributed by atoms with Gasteiger partial charge in [-0.3, -0.25) is 0 Å². The lowest BCUT2D eigenvalue weighted by Gasteiger charge is -1.95. The predicted octanol–water partition coefficient (Wildman–Crippen LogP) is 2.14. The van der Waals surface area contributed by atoms with E-state index in [0.29, 0.717) is 16.8 Å². The molecule has 0 bridgehead atoms. The first-order valence-corrected chi connectivity index (χ1v) is 4.40. The molecule has 0 saturated carbocycles. The van der Waals surface area contributed by atoms with Gasteiger partial charge in [0.25, 0.3) is 0 Å². The highest BCUT2D eigenvalue weighted by atomic mass is 19.1. The molecule has 1 heterocycles. The van der Waals surface area contributed by atoms with Crippen molar-refractivity contribution >= 4 is 17.8 Å². The number of carbonyl (C=O) groups is 1. The zero-order valence-corrected chi connectivity index (χ0v) is 8.03. The first kappa shape index (κ1) is 9.58. The van der Waals surface area contributed by atoms with E-state index in [0.717, 1.165) is 0 Å². The van der Waals surface area contributed by atoms with Gasteiger partial charge in [-0.05, 0) is 30.7 Å². The van der Waals surface area contributed by atoms with Gasteiger partial charge in [-0.25, -0.2) is 9.18 Å². The van der Waals surface area contributed by atoms with Crippen LogP contribution >= 0.6 is 0 Å². The quantitative estimate of drug-likeness (QED) is 0.520. The zero-order chi connectivity index (χ0) is 10.8. The molecule has 1 aromatic rings. The van der Waals surface area contributed by atoms with Crippen molar-refractivity contribution in [3.05, 3.63) is 41.2 Å². The van der Waals surface area contributed by atoms with Gasteiger partial charge in [-0.2, -0.15) is 0 Å². The van der Waals surface area contributed by atoms with E-state index < -0.39 is 5.97 Å². The Bertz CT molecular complexity index is 477. The molecule has 2 rings (SSSR count). The number of hydrogen-bond donors (Lipinski definition) is 0. The van der Waals surface area contributed by atoms with Crippen LogP contribution in [0.5, 0.6) is 0 Å². The fourth-order valence-electron chi connectivity index (χ4n) is 1.28. The Balaban J connectivity index is 2.38. The third kappa shape index (κ3) is 1.93. The molecule has 15 heavy (non-hydrogen) atoms. The minimum Gasteiger partial charge on any atom is -0.312 e. The number of nitrogens with zero attached hydrogens (tertiary/aromatic N) is 1. The molecule has 0 unspecified atom stereocenters. The van der Waals surface area contributed by atoms with Crippen LogP contribution in [-0.2, 0) is 9.63 Å². The summed E-state index contributed by atoms with van der Waals surface area (Å²) in [6.07, 6.45) is 1.55. The maximum Gasteiger partial charge on any atom is 0.367 e. The Hall–Kier alpha value is -1.97. The molecule has 0 atom stereocenters. The summed E-state index contributed by atoms with van der Waals surface area (Å²) in [6, 6.07) is 5.96. The van der Waals surface area contributed by atoms with Crippen molar-refractivity contribution in [1.29, 1.82) is 0 Å². The Morgan fingerprint density at radius 1 is 1.47 bits per heavy atom. The Kier molecular flexibility index (Phi) is 2.33. The molecule has 0 spiro atoms. The van der Waals surface area contributed by atoms with Crippen LogP contribution in [0.4, 0.5) is 4.39 Å². The van der Waals surface area contributed by atoms with Crippen LogP contribution in [0.1, 0.15) is 12.5 Å². The minimum absolute atomic E-state index is 0.342. The lowest BCUT2D eigenvalue weighted by Crippen LogP contribution is -2.01. The van der Waals surface area contributed by atoms with Crippen LogP contribution in [0.25, 0.3) is 6.08 Å². The van der Waals surface area contributed by atoms with E-state index in [2.05, 4.69) is 9.99 Å². The zero-order valence-electron chi connectivity index (χ0n) is 8.03. The van der Waals surface area contributed by atoms with Crippen LogP contribution in [0.3, 0.4) is 0 Å². The first-order valence-electron chi connectivity index (χ1n) is 4.40. The molecule has 0 radical (unpaired) electrons. The van der Waals surface area contributed by atoms with Crippen molar-refractivity contribution < 1.29 is 14.0 Å². The van der Waals surface area contributed by atoms with E-state index in [1.54, 1.807) is 25.1 Å². The van der Waals surface area contributed by atoms with Crippen LogP contribution in [-0.4, -0.2) is 11.7 Å². The molecule has 0 aromatic heterocycles. The molecule has 0 aliphatic carbocycles. The fourth-order valence-corrected chi connectivity index (χ4v) is 1.28. The molecule has 0 fully saturated rings. The van der Waals surface area contributed by atoms with E-state index in [1.807, 2.05) is 0 Å². The largest absolute Gasteiger partial charge is 0.367 e. The summed E-state index contributed by atoms with van der Waals surface area (Å²) in [7, 11) is 0. The highest BCUT2D eigenvalue weighted by Gasteiger charge is 2.21. The molecule has 1 aliphatic rings. The van der Waals surface area contributed by atoms with Gasteiger partial charge in [-0.1, -0.05) is 17.3 Å². The lowest BCUT2D eigenvalue weighted by molar-refractivity contribution is -0.136. The van der Waals surface area contributed by atoms with Gasteiger partial charge in [0.05, 0.1) is 11.3 Å². The standard InChI is InChI=1S/C11H8FNO2/c1-7-10(11(14)15-13-7)6-8-3-2-4-9(12)5-8/h2-6H,1H3/b10-6-. The van der Waals surface area contributed by atoms with Crippen molar-refractivity contribution in [2.75, 3.05) is 0 Å². The van der Waals surface area contributed by atoms with Gasteiger partial charge in [0, 0.05) is 0 Å². The molecular weight excluding hydrogens is 197 g/mol. The summed E-state index contributed by atoms with van der Waals surface area (Å²) in [5.74, 6) is -0.845.